The fourth-order valence-corrected chi connectivity index (χ4v) is 2.39. The first kappa shape index (κ1) is 16.9. The number of aromatic hydroxyl groups is 1. The molecule has 23 heavy (non-hydrogen) atoms. The number of carboxylic acid groups (broad SMARTS) is 1. The number of ether oxygens (including phenoxy) is 1. The van der Waals surface area contributed by atoms with Crippen molar-refractivity contribution in [2.45, 2.75) is 38.2 Å². The van der Waals surface area contributed by atoms with Crippen molar-refractivity contribution in [3.63, 3.8) is 0 Å². The van der Waals surface area contributed by atoms with Crippen LogP contribution in [0, 0.1) is 0 Å². The second kappa shape index (κ2) is 8.83. The molecule has 0 aromatic heterocycles. The van der Waals surface area contributed by atoms with Gasteiger partial charge in [0.15, 0.2) is 6.10 Å². The summed E-state index contributed by atoms with van der Waals surface area (Å²) < 4.78 is 5.53. The van der Waals surface area contributed by atoms with Gasteiger partial charge in [0, 0.05) is 0 Å². The summed E-state index contributed by atoms with van der Waals surface area (Å²) in [5, 5.41) is 18.5. The van der Waals surface area contributed by atoms with Gasteiger partial charge in [0.1, 0.15) is 11.5 Å². The van der Waals surface area contributed by atoms with Crippen LogP contribution in [0.5, 0.6) is 11.5 Å². The third-order valence-corrected chi connectivity index (χ3v) is 3.67. The van der Waals surface area contributed by atoms with E-state index in [0.717, 1.165) is 25.7 Å². The van der Waals surface area contributed by atoms with Gasteiger partial charge in [-0.2, -0.15) is 0 Å². The van der Waals surface area contributed by atoms with Gasteiger partial charge in [0.2, 0.25) is 0 Å². The molecule has 0 bridgehead atoms. The minimum Gasteiger partial charge on any atom is -0.508 e. The van der Waals surface area contributed by atoms with Crippen molar-refractivity contribution in [2.75, 3.05) is 0 Å². The molecule has 4 heteroatoms. The SMILES string of the molecule is O=C(O)C(CCCCCc1ccc(O)cc1)Oc1ccccc1. The van der Waals surface area contributed by atoms with Crippen molar-refractivity contribution in [3.05, 3.63) is 60.2 Å². The molecule has 2 rings (SSSR count). The Morgan fingerprint density at radius 1 is 0.957 bits per heavy atom. The number of carboxylic acids is 1. The number of phenols is 1. The minimum absolute atomic E-state index is 0.274. The van der Waals surface area contributed by atoms with Crippen molar-refractivity contribution in [2.24, 2.45) is 0 Å². The lowest BCUT2D eigenvalue weighted by Crippen LogP contribution is -2.26. The summed E-state index contributed by atoms with van der Waals surface area (Å²) in [7, 11) is 0. The summed E-state index contributed by atoms with van der Waals surface area (Å²) >= 11 is 0. The zero-order valence-corrected chi connectivity index (χ0v) is 13.0. The summed E-state index contributed by atoms with van der Waals surface area (Å²) in [6, 6.07) is 16.2. The summed E-state index contributed by atoms with van der Waals surface area (Å²) in [5.74, 6) is -0.0625. The second-order valence-corrected chi connectivity index (χ2v) is 5.52. The van der Waals surface area contributed by atoms with Gasteiger partial charge in [-0.15, -0.1) is 0 Å². The minimum atomic E-state index is -0.924. The lowest BCUT2D eigenvalue weighted by Gasteiger charge is -2.15. The van der Waals surface area contributed by atoms with Crippen molar-refractivity contribution in [1.29, 1.82) is 0 Å². The lowest BCUT2D eigenvalue weighted by molar-refractivity contribution is -0.145. The highest BCUT2D eigenvalue weighted by atomic mass is 16.5. The smallest absolute Gasteiger partial charge is 0.344 e. The number of para-hydroxylation sites is 1. The standard InChI is InChI=1S/C19H22O4/c20-16-13-11-15(12-14-16)7-3-1-6-10-18(19(21)22)23-17-8-4-2-5-9-17/h2,4-5,8-9,11-14,18,20H,1,3,6-7,10H2,(H,21,22). The first-order chi connectivity index (χ1) is 11.1. The summed E-state index contributed by atoms with van der Waals surface area (Å²) in [4.78, 5) is 11.3. The molecule has 1 unspecified atom stereocenters. The van der Waals surface area contributed by atoms with E-state index < -0.39 is 12.1 Å². The van der Waals surface area contributed by atoms with Crippen molar-refractivity contribution in [1.82, 2.24) is 0 Å². The van der Waals surface area contributed by atoms with E-state index in [4.69, 9.17) is 4.74 Å². The zero-order chi connectivity index (χ0) is 16.5. The Balaban J connectivity index is 1.70. The molecule has 0 aliphatic heterocycles. The molecule has 1 atom stereocenters. The van der Waals surface area contributed by atoms with Crippen LogP contribution < -0.4 is 4.74 Å². The molecule has 2 N–H and O–H groups in total. The quantitative estimate of drug-likeness (QED) is 0.686. The average Bonchev–Trinajstić information content (AvgIpc) is 2.56. The van der Waals surface area contributed by atoms with Crippen molar-refractivity contribution in [3.8, 4) is 11.5 Å². The number of phenolic OH excluding ortho intramolecular Hbond substituents is 1. The molecule has 2 aromatic rings. The third kappa shape index (κ3) is 6.02. The fourth-order valence-electron chi connectivity index (χ4n) is 2.39. The van der Waals surface area contributed by atoms with E-state index in [1.54, 1.807) is 24.3 Å². The van der Waals surface area contributed by atoms with Crippen molar-refractivity contribution >= 4 is 5.97 Å². The molecule has 0 aliphatic rings. The van der Waals surface area contributed by atoms with E-state index in [1.807, 2.05) is 30.3 Å². The Kier molecular flexibility index (Phi) is 6.48. The van der Waals surface area contributed by atoms with Gasteiger partial charge in [0.05, 0.1) is 0 Å². The predicted molar refractivity (Wildman–Crippen MR) is 88.8 cm³/mol. The number of aliphatic carboxylic acids is 1. The van der Waals surface area contributed by atoms with E-state index in [-0.39, 0.29) is 5.75 Å². The van der Waals surface area contributed by atoms with Crippen LogP contribution in [0.3, 0.4) is 0 Å². The Bertz CT molecular complexity index is 593. The van der Waals surface area contributed by atoms with E-state index >= 15 is 0 Å². The van der Waals surface area contributed by atoms with Crippen molar-refractivity contribution < 1.29 is 19.7 Å². The normalized spacial score (nSPS) is 11.8. The number of carbonyl (C=O) groups is 1. The van der Waals surface area contributed by atoms with E-state index in [9.17, 15) is 15.0 Å². The predicted octanol–water partition coefficient (Wildman–Crippen LogP) is 4.03. The number of benzene rings is 2. The van der Waals surface area contributed by atoms with Crippen LogP contribution in [0.15, 0.2) is 54.6 Å². The molecule has 0 saturated heterocycles. The Morgan fingerprint density at radius 3 is 2.30 bits per heavy atom. The molecule has 0 saturated carbocycles. The maximum Gasteiger partial charge on any atom is 0.344 e. The summed E-state index contributed by atoms with van der Waals surface area (Å²) in [6.45, 7) is 0. The Labute approximate surface area is 136 Å². The molecular formula is C19H22O4. The number of aryl methyl sites for hydroxylation is 1. The van der Waals surface area contributed by atoms with Gasteiger partial charge in [-0.25, -0.2) is 4.79 Å². The maximum atomic E-state index is 11.3. The summed E-state index contributed by atoms with van der Waals surface area (Å²) in [6.07, 6.45) is 3.37. The molecule has 0 heterocycles. The number of unbranched alkanes of at least 4 members (excludes halogenated alkanes) is 2. The highest BCUT2D eigenvalue weighted by Gasteiger charge is 2.18. The van der Waals surface area contributed by atoms with Gasteiger partial charge in [0.25, 0.3) is 0 Å². The molecule has 122 valence electrons. The molecule has 0 amide bonds. The maximum absolute atomic E-state index is 11.3. The first-order valence-electron chi connectivity index (χ1n) is 7.87. The highest BCUT2D eigenvalue weighted by molar-refractivity contribution is 5.72. The largest absolute Gasteiger partial charge is 0.508 e. The molecule has 0 spiro atoms. The fraction of sp³-hybridized carbons (Fsp3) is 0.316. The molecule has 2 aromatic carbocycles. The van der Waals surface area contributed by atoms with Gasteiger partial charge in [-0.3, -0.25) is 0 Å². The van der Waals surface area contributed by atoms with Crippen LogP contribution in [0.25, 0.3) is 0 Å². The van der Waals surface area contributed by atoms with Crippen LogP contribution in [0.1, 0.15) is 31.2 Å². The van der Waals surface area contributed by atoms with Crippen LogP contribution in [0.2, 0.25) is 0 Å². The average molecular weight is 314 g/mol. The highest BCUT2D eigenvalue weighted by Crippen LogP contribution is 2.16. The number of hydrogen-bond donors (Lipinski definition) is 2. The van der Waals surface area contributed by atoms with Crippen LogP contribution in [-0.4, -0.2) is 22.3 Å². The monoisotopic (exact) mass is 314 g/mol. The third-order valence-electron chi connectivity index (χ3n) is 3.67. The van der Waals surface area contributed by atoms with E-state index in [0.29, 0.717) is 12.2 Å². The first-order valence-corrected chi connectivity index (χ1v) is 7.87. The van der Waals surface area contributed by atoms with Crippen LogP contribution in [-0.2, 0) is 11.2 Å². The molecule has 0 radical (unpaired) electrons. The molecular weight excluding hydrogens is 292 g/mol. The second-order valence-electron chi connectivity index (χ2n) is 5.52. The number of rotatable bonds is 9. The number of hydrogen-bond acceptors (Lipinski definition) is 3. The van der Waals surface area contributed by atoms with E-state index in [1.165, 1.54) is 5.56 Å². The molecule has 0 aliphatic carbocycles. The zero-order valence-electron chi connectivity index (χ0n) is 13.0. The van der Waals surface area contributed by atoms with E-state index in [2.05, 4.69) is 0 Å². The summed E-state index contributed by atoms with van der Waals surface area (Å²) in [5.41, 5.74) is 1.18. The molecule has 4 nitrogen and oxygen atoms in total. The molecule has 0 fully saturated rings. The van der Waals surface area contributed by atoms with Gasteiger partial charge < -0.3 is 14.9 Å². The van der Waals surface area contributed by atoms with Gasteiger partial charge in [-0.1, -0.05) is 36.8 Å². The topological polar surface area (TPSA) is 66.8 Å². The van der Waals surface area contributed by atoms with Gasteiger partial charge in [-0.05, 0) is 55.5 Å². The van der Waals surface area contributed by atoms with Crippen LogP contribution >= 0.6 is 0 Å². The Morgan fingerprint density at radius 2 is 1.65 bits per heavy atom. The Hall–Kier alpha value is -2.49. The lowest BCUT2D eigenvalue weighted by atomic mass is 10.0. The van der Waals surface area contributed by atoms with Crippen LogP contribution in [0.4, 0.5) is 0 Å². The van der Waals surface area contributed by atoms with Gasteiger partial charge >= 0.3 is 5.97 Å².